The van der Waals surface area contributed by atoms with Crippen LogP contribution in [0.15, 0.2) is 36.7 Å². The molecule has 0 aliphatic heterocycles. The second-order valence-corrected chi connectivity index (χ2v) is 4.41. The van der Waals surface area contributed by atoms with Gasteiger partial charge in [-0.3, -0.25) is 0 Å². The van der Waals surface area contributed by atoms with E-state index in [0.717, 1.165) is 11.3 Å². The molecule has 0 radical (unpaired) electrons. The van der Waals surface area contributed by atoms with E-state index in [0.29, 0.717) is 0 Å². The van der Waals surface area contributed by atoms with E-state index in [4.69, 9.17) is 0 Å². The third kappa shape index (κ3) is 1.97. The van der Waals surface area contributed by atoms with E-state index in [-0.39, 0.29) is 12.0 Å². The molecule has 0 atom stereocenters. The zero-order chi connectivity index (χ0) is 11.6. The molecule has 0 fully saturated rings. The molecule has 4 nitrogen and oxygen atoms in total. The second kappa shape index (κ2) is 4.06. The summed E-state index contributed by atoms with van der Waals surface area (Å²) in [6.07, 6.45) is 3.29. The van der Waals surface area contributed by atoms with Gasteiger partial charge in [0.05, 0.1) is 24.7 Å². The largest absolute Gasteiger partial charge is 0.395 e. The van der Waals surface area contributed by atoms with Crippen molar-refractivity contribution in [2.75, 3.05) is 6.61 Å². The van der Waals surface area contributed by atoms with E-state index < -0.39 is 0 Å². The Morgan fingerprint density at radius 2 is 1.69 bits per heavy atom. The molecular formula is C12H15N3O. The molecule has 0 aliphatic rings. The first-order valence-corrected chi connectivity index (χ1v) is 5.21. The van der Waals surface area contributed by atoms with Crippen molar-refractivity contribution in [3.8, 4) is 5.69 Å². The normalized spacial score (nSPS) is 11.7. The minimum atomic E-state index is -0.212. The Hall–Kier alpha value is -1.68. The Kier molecular flexibility index (Phi) is 2.75. The van der Waals surface area contributed by atoms with Crippen LogP contribution in [0.4, 0.5) is 0 Å². The van der Waals surface area contributed by atoms with Crippen LogP contribution in [0.3, 0.4) is 0 Å². The van der Waals surface area contributed by atoms with E-state index in [1.807, 2.05) is 38.1 Å². The van der Waals surface area contributed by atoms with Crippen LogP contribution < -0.4 is 0 Å². The fraction of sp³-hybridized carbons (Fsp3) is 0.333. The van der Waals surface area contributed by atoms with E-state index >= 15 is 0 Å². The first kappa shape index (κ1) is 10.8. The van der Waals surface area contributed by atoms with E-state index in [9.17, 15) is 5.11 Å². The lowest BCUT2D eigenvalue weighted by Gasteiger charge is -2.22. The number of aliphatic hydroxyl groups excluding tert-OH is 1. The molecule has 1 N–H and O–H groups in total. The molecule has 0 bridgehead atoms. The summed E-state index contributed by atoms with van der Waals surface area (Å²) >= 11 is 0. The van der Waals surface area contributed by atoms with Crippen LogP contribution in [0.2, 0.25) is 0 Å². The number of nitrogens with zero attached hydrogens (tertiary/aromatic N) is 3. The highest BCUT2D eigenvalue weighted by Crippen LogP contribution is 2.23. The third-order valence-electron chi connectivity index (χ3n) is 2.69. The predicted molar refractivity (Wildman–Crippen MR) is 61.5 cm³/mol. The fourth-order valence-electron chi connectivity index (χ4n) is 1.49. The Bertz CT molecular complexity index is 446. The number of benzene rings is 1. The highest BCUT2D eigenvalue weighted by atomic mass is 16.3. The molecular weight excluding hydrogens is 202 g/mol. The van der Waals surface area contributed by atoms with Crippen LogP contribution in [0.5, 0.6) is 0 Å². The average molecular weight is 217 g/mol. The summed E-state index contributed by atoms with van der Waals surface area (Å²) in [5.41, 5.74) is 1.81. The molecule has 4 heteroatoms. The monoisotopic (exact) mass is 217 g/mol. The Labute approximate surface area is 94.5 Å². The quantitative estimate of drug-likeness (QED) is 0.848. The minimum absolute atomic E-state index is 0.131. The van der Waals surface area contributed by atoms with Crippen LogP contribution in [0, 0.1) is 0 Å². The number of rotatable bonds is 3. The van der Waals surface area contributed by atoms with Crippen molar-refractivity contribution in [2.45, 2.75) is 19.3 Å². The fourth-order valence-corrected chi connectivity index (χ4v) is 1.49. The van der Waals surface area contributed by atoms with Crippen molar-refractivity contribution in [1.82, 2.24) is 15.0 Å². The molecule has 1 aromatic carbocycles. The summed E-state index contributed by atoms with van der Waals surface area (Å²) in [5, 5.41) is 17.4. The van der Waals surface area contributed by atoms with Gasteiger partial charge in [-0.15, -0.1) is 0 Å². The molecule has 84 valence electrons. The van der Waals surface area contributed by atoms with E-state index in [2.05, 4.69) is 10.2 Å². The minimum Gasteiger partial charge on any atom is -0.395 e. The molecule has 16 heavy (non-hydrogen) atoms. The molecule has 0 aliphatic carbocycles. The zero-order valence-electron chi connectivity index (χ0n) is 9.46. The molecule has 1 heterocycles. The highest BCUT2D eigenvalue weighted by Gasteiger charge is 2.18. The molecule has 2 rings (SSSR count). The van der Waals surface area contributed by atoms with Gasteiger partial charge in [-0.1, -0.05) is 26.0 Å². The topological polar surface area (TPSA) is 50.9 Å². The number of aromatic nitrogens is 3. The van der Waals surface area contributed by atoms with Gasteiger partial charge in [-0.25, -0.2) is 0 Å². The van der Waals surface area contributed by atoms with Gasteiger partial charge in [0.25, 0.3) is 0 Å². The molecule has 2 aromatic rings. The maximum absolute atomic E-state index is 9.27. The van der Waals surface area contributed by atoms with Crippen LogP contribution >= 0.6 is 0 Å². The maximum Gasteiger partial charge on any atom is 0.0856 e. The van der Waals surface area contributed by atoms with Gasteiger partial charge in [-0.2, -0.15) is 15.0 Å². The maximum atomic E-state index is 9.27. The average Bonchev–Trinajstić information content (AvgIpc) is 2.83. The summed E-state index contributed by atoms with van der Waals surface area (Å²) < 4.78 is 0. The molecule has 0 unspecified atom stereocenters. The number of aliphatic hydroxyl groups is 1. The lowest BCUT2D eigenvalue weighted by atomic mass is 9.86. The van der Waals surface area contributed by atoms with Crippen molar-refractivity contribution in [3.05, 3.63) is 42.2 Å². The van der Waals surface area contributed by atoms with Gasteiger partial charge in [0.2, 0.25) is 0 Å². The molecule has 0 amide bonds. The molecule has 0 spiro atoms. The predicted octanol–water partition coefficient (Wildman–Crippen LogP) is 1.54. The van der Waals surface area contributed by atoms with Crippen molar-refractivity contribution in [2.24, 2.45) is 0 Å². The van der Waals surface area contributed by atoms with Gasteiger partial charge in [0.15, 0.2) is 0 Å². The first-order valence-electron chi connectivity index (χ1n) is 5.21. The lowest BCUT2D eigenvalue weighted by molar-refractivity contribution is 0.218. The van der Waals surface area contributed by atoms with Gasteiger partial charge in [0.1, 0.15) is 0 Å². The Balaban J connectivity index is 2.30. The standard InChI is InChI=1S/C12H15N3O/c1-12(2,9-16)10-3-5-11(6-4-10)15-13-7-8-14-15/h3-8,16H,9H2,1-2H3. The van der Waals surface area contributed by atoms with Gasteiger partial charge in [0, 0.05) is 5.41 Å². The SMILES string of the molecule is CC(C)(CO)c1ccc(-n2nccn2)cc1. The summed E-state index contributed by atoms with van der Waals surface area (Å²) in [5.74, 6) is 0. The summed E-state index contributed by atoms with van der Waals surface area (Å²) in [7, 11) is 0. The second-order valence-electron chi connectivity index (χ2n) is 4.41. The van der Waals surface area contributed by atoms with Gasteiger partial charge in [-0.05, 0) is 17.7 Å². The van der Waals surface area contributed by atoms with Crippen LogP contribution in [-0.2, 0) is 5.41 Å². The van der Waals surface area contributed by atoms with Crippen LogP contribution in [0.25, 0.3) is 5.69 Å². The molecule has 0 saturated carbocycles. The highest BCUT2D eigenvalue weighted by molar-refractivity contribution is 5.35. The van der Waals surface area contributed by atoms with E-state index in [1.54, 1.807) is 17.2 Å². The van der Waals surface area contributed by atoms with E-state index in [1.165, 1.54) is 0 Å². The van der Waals surface area contributed by atoms with Crippen molar-refractivity contribution >= 4 is 0 Å². The summed E-state index contributed by atoms with van der Waals surface area (Å²) in [6.45, 7) is 4.15. The van der Waals surface area contributed by atoms with Crippen molar-refractivity contribution in [1.29, 1.82) is 0 Å². The number of hydrogen-bond donors (Lipinski definition) is 1. The first-order chi connectivity index (χ1) is 7.63. The van der Waals surface area contributed by atoms with Gasteiger partial charge < -0.3 is 5.11 Å². The van der Waals surface area contributed by atoms with Gasteiger partial charge >= 0.3 is 0 Å². The lowest BCUT2D eigenvalue weighted by Crippen LogP contribution is -2.21. The zero-order valence-corrected chi connectivity index (χ0v) is 9.46. The molecule has 0 saturated heterocycles. The number of hydrogen-bond acceptors (Lipinski definition) is 3. The third-order valence-corrected chi connectivity index (χ3v) is 2.69. The van der Waals surface area contributed by atoms with Crippen molar-refractivity contribution in [3.63, 3.8) is 0 Å². The Morgan fingerprint density at radius 1 is 1.12 bits per heavy atom. The molecule has 1 aromatic heterocycles. The van der Waals surface area contributed by atoms with Crippen LogP contribution in [0.1, 0.15) is 19.4 Å². The summed E-state index contributed by atoms with van der Waals surface area (Å²) in [4.78, 5) is 1.57. The van der Waals surface area contributed by atoms with Crippen LogP contribution in [-0.4, -0.2) is 26.7 Å². The smallest absolute Gasteiger partial charge is 0.0856 e. The van der Waals surface area contributed by atoms with Crippen molar-refractivity contribution < 1.29 is 5.11 Å². The Morgan fingerprint density at radius 3 is 2.19 bits per heavy atom. The summed E-state index contributed by atoms with van der Waals surface area (Å²) in [6, 6.07) is 7.89.